The highest BCUT2D eigenvalue weighted by Crippen LogP contribution is 2.10. The summed E-state index contributed by atoms with van der Waals surface area (Å²) in [6.07, 6.45) is 2.76. The molecule has 9 nitrogen and oxygen atoms in total. The minimum absolute atomic E-state index is 0. The molecular formula is C15H23ClN6O3. The van der Waals surface area contributed by atoms with Gasteiger partial charge in [0.25, 0.3) is 5.56 Å². The summed E-state index contributed by atoms with van der Waals surface area (Å²) in [5, 5.41) is 10.3. The zero-order chi connectivity index (χ0) is 17.4. The van der Waals surface area contributed by atoms with Gasteiger partial charge in [-0.1, -0.05) is 0 Å². The first-order valence-electron chi connectivity index (χ1n) is 7.93. The lowest BCUT2D eigenvalue weighted by Gasteiger charge is -2.14. The monoisotopic (exact) mass is 370 g/mol. The topological polar surface area (TPSA) is 97.7 Å². The van der Waals surface area contributed by atoms with Crippen molar-refractivity contribution in [1.29, 1.82) is 0 Å². The molecule has 0 spiro atoms. The van der Waals surface area contributed by atoms with Gasteiger partial charge in [0.1, 0.15) is 0 Å². The Bertz CT molecular complexity index is 912. The molecule has 1 saturated heterocycles. The second-order valence-electron chi connectivity index (χ2n) is 6.21. The summed E-state index contributed by atoms with van der Waals surface area (Å²) in [5.74, 6) is 1.00. The fraction of sp³-hybridized carbons (Fsp3) is 0.600. The molecule has 25 heavy (non-hydrogen) atoms. The van der Waals surface area contributed by atoms with Crippen LogP contribution in [0.1, 0.15) is 12.8 Å². The number of aliphatic hydroxyl groups is 1. The molecule has 0 amide bonds. The van der Waals surface area contributed by atoms with Crippen molar-refractivity contribution in [2.45, 2.75) is 25.5 Å². The number of aromatic nitrogens is 4. The molecule has 3 heterocycles. The van der Waals surface area contributed by atoms with E-state index < -0.39 is 17.4 Å². The Labute approximate surface area is 150 Å². The van der Waals surface area contributed by atoms with Crippen LogP contribution in [0.5, 0.6) is 0 Å². The van der Waals surface area contributed by atoms with Gasteiger partial charge in [-0.3, -0.25) is 18.9 Å². The average molecular weight is 371 g/mol. The largest absolute Gasteiger partial charge is 0.389 e. The number of aliphatic hydroxyl groups excluding tert-OH is 1. The van der Waals surface area contributed by atoms with E-state index in [0.717, 1.165) is 29.8 Å². The number of rotatable bonds is 4. The molecule has 1 fully saturated rings. The number of imidazole rings is 1. The molecule has 0 bridgehead atoms. The van der Waals surface area contributed by atoms with Crippen LogP contribution in [0, 0.1) is 0 Å². The van der Waals surface area contributed by atoms with Gasteiger partial charge in [-0.05, 0) is 6.42 Å². The summed E-state index contributed by atoms with van der Waals surface area (Å²) in [5.41, 5.74) is -0.213. The van der Waals surface area contributed by atoms with E-state index in [1.54, 1.807) is 11.6 Å². The van der Waals surface area contributed by atoms with E-state index in [2.05, 4.69) is 14.9 Å². The van der Waals surface area contributed by atoms with Crippen LogP contribution >= 0.6 is 12.4 Å². The van der Waals surface area contributed by atoms with Crippen molar-refractivity contribution >= 4 is 29.4 Å². The molecule has 1 unspecified atom stereocenters. The van der Waals surface area contributed by atoms with Crippen molar-refractivity contribution in [2.75, 3.05) is 20.1 Å². The third-order valence-corrected chi connectivity index (χ3v) is 4.44. The minimum atomic E-state index is -0.731. The molecule has 1 aliphatic heterocycles. The molecule has 2 aromatic rings. The highest BCUT2D eigenvalue weighted by atomic mass is 35.5. The van der Waals surface area contributed by atoms with Gasteiger partial charge in [0.15, 0.2) is 11.2 Å². The number of hydrogen-bond donors (Lipinski definition) is 1. The maximum absolute atomic E-state index is 12.3. The molecular weight excluding hydrogens is 348 g/mol. The minimum Gasteiger partial charge on any atom is -0.389 e. The zero-order valence-corrected chi connectivity index (χ0v) is 15.4. The molecule has 0 aliphatic carbocycles. The second-order valence-corrected chi connectivity index (χ2v) is 6.21. The quantitative estimate of drug-likeness (QED) is 0.770. The third-order valence-electron chi connectivity index (χ3n) is 4.44. The summed E-state index contributed by atoms with van der Waals surface area (Å²) in [6.45, 7) is 1.46. The Balaban J connectivity index is 0.00000225. The van der Waals surface area contributed by atoms with Crippen LogP contribution in [-0.2, 0) is 20.6 Å². The Hall–Kier alpha value is -2.13. The zero-order valence-electron chi connectivity index (χ0n) is 14.5. The van der Waals surface area contributed by atoms with E-state index >= 15 is 0 Å². The fourth-order valence-electron chi connectivity index (χ4n) is 3.02. The smallest absolute Gasteiger partial charge is 0.332 e. The number of halogens is 1. The van der Waals surface area contributed by atoms with Crippen LogP contribution < -0.4 is 11.2 Å². The van der Waals surface area contributed by atoms with Crippen molar-refractivity contribution in [2.24, 2.45) is 19.1 Å². The molecule has 1 atom stereocenters. The highest BCUT2D eigenvalue weighted by molar-refractivity contribution is 5.85. The number of nitrogens with zero attached hydrogens (tertiary/aromatic N) is 6. The van der Waals surface area contributed by atoms with E-state index in [0.29, 0.717) is 11.2 Å². The first kappa shape index (κ1) is 19.2. The summed E-state index contributed by atoms with van der Waals surface area (Å²) >= 11 is 0. The van der Waals surface area contributed by atoms with Gasteiger partial charge in [-0.15, -0.1) is 12.4 Å². The Morgan fingerprint density at radius 2 is 2.00 bits per heavy atom. The van der Waals surface area contributed by atoms with Crippen molar-refractivity contribution < 1.29 is 5.11 Å². The number of fused-ring (bicyclic) bond motifs is 1. The van der Waals surface area contributed by atoms with Gasteiger partial charge < -0.3 is 14.6 Å². The fourth-order valence-corrected chi connectivity index (χ4v) is 3.02. The highest BCUT2D eigenvalue weighted by Gasteiger charge is 2.17. The van der Waals surface area contributed by atoms with E-state index in [1.165, 1.54) is 17.9 Å². The van der Waals surface area contributed by atoms with E-state index in [4.69, 9.17) is 0 Å². The van der Waals surface area contributed by atoms with Gasteiger partial charge in [0.05, 0.1) is 31.4 Å². The van der Waals surface area contributed by atoms with Crippen molar-refractivity contribution in [3.05, 3.63) is 27.2 Å². The Morgan fingerprint density at radius 3 is 2.64 bits per heavy atom. The first-order chi connectivity index (χ1) is 11.4. The van der Waals surface area contributed by atoms with Gasteiger partial charge in [0.2, 0.25) is 0 Å². The molecule has 3 rings (SSSR count). The third kappa shape index (κ3) is 3.47. The summed E-state index contributed by atoms with van der Waals surface area (Å²) in [6, 6.07) is 0. The SMILES string of the molecule is CN1CCCC1=NCC(O)Cn1cnc2c1c(=O)n(C)c(=O)n2C.Cl. The standard InChI is InChI=1S/C15H22N6O3.ClH/c1-18-6-4-5-11(18)16-7-10(22)8-21-9-17-13-12(21)14(23)20(3)15(24)19(13)2;/h9-10,22H,4-8H2,1-3H3;1H. The average Bonchev–Trinajstić information content (AvgIpc) is 3.15. The van der Waals surface area contributed by atoms with E-state index in [-0.39, 0.29) is 25.5 Å². The molecule has 0 radical (unpaired) electrons. The summed E-state index contributed by atoms with van der Waals surface area (Å²) < 4.78 is 3.95. The number of amidine groups is 1. The van der Waals surface area contributed by atoms with Crippen molar-refractivity contribution in [3.63, 3.8) is 0 Å². The van der Waals surface area contributed by atoms with Gasteiger partial charge in [-0.2, -0.15) is 0 Å². The van der Waals surface area contributed by atoms with Gasteiger partial charge in [0, 0.05) is 34.1 Å². The molecule has 1 N–H and O–H groups in total. The van der Waals surface area contributed by atoms with Crippen LogP contribution in [-0.4, -0.2) is 60.8 Å². The number of aliphatic imine (C=N–C) groups is 1. The number of hydrogen-bond acceptors (Lipinski definition) is 5. The summed E-state index contributed by atoms with van der Waals surface area (Å²) in [4.78, 5) is 35.0. The Kier molecular flexibility index (Phi) is 5.69. The van der Waals surface area contributed by atoms with E-state index in [1.807, 2.05) is 7.05 Å². The lowest BCUT2D eigenvalue weighted by Crippen LogP contribution is -2.38. The van der Waals surface area contributed by atoms with Crippen LogP contribution in [0.25, 0.3) is 11.2 Å². The lowest BCUT2D eigenvalue weighted by molar-refractivity contribution is 0.163. The van der Waals surface area contributed by atoms with Crippen LogP contribution in [0.4, 0.5) is 0 Å². The number of likely N-dealkylation sites (tertiary alicyclic amines) is 1. The predicted molar refractivity (Wildman–Crippen MR) is 97.6 cm³/mol. The molecule has 10 heteroatoms. The predicted octanol–water partition coefficient (Wildman–Crippen LogP) is -0.659. The molecule has 1 aliphatic rings. The van der Waals surface area contributed by atoms with Crippen LogP contribution in [0.2, 0.25) is 0 Å². The molecule has 0 saturated carbocycles. The molecule has 0 aromatic carbocycles. The van der Waals surface area contributed by atoms with Gasteiger partial charge in [-0.25, -0.2) is 9.78 Å². The van der Waals surface area contributed by atoms with Crippen LogP contribution in [0.15, 0.2) is 20.9 Å². The first-order valence-corrected chi connectivity index (χ1v) is 7.93. The normalized spacial score (nSPS) is 17.3. The second kappa shape index (κ2) is 7.40. The summed E-state index contributed by atoms with van der Waals surface area (Å²) in [7, 11) is 4.99. The molecule has 138 valence electrons. The van der Waals surface area contributed by atoms with Crippen molar-refractivity contribution in [3.8, 4) is 0 Å². The van der Waals surface area contributed by atoms with Crippen LogP contribution in [0.3, 0.4) is 0 Å². The number of aryl methyl sites for hydroxylation is 1. The molecule has 2 aromatic heterocycles. The van der Waals surface area contributed by atoms with E-state index in [9.17, 15) is 14.7 Å². The Morgan fingerprint density at radius 1 is 1.28 bits per heavy atom. The maximum atomic E-state index is 12.3. The van der Waals surface area contributed by atoms with Crippen molar-refractivity contribution in [1.82, 2.24) is 23.6 Å². The van der Waals surface area contributed by atoms with Gasteiger partial charge >= 0.3 is 5.69 Å². The lowest BCUT2D eigenvalue weighted by atomic mass is 10.3. The maximum Gasteiger partial charge on any atom is 0.332 e.